The molecule has 0 saturated carbocycles. The summed E-state index contributed by atoms with van der Waals surface area (Å²) < 4.78 is 58.3. The lowest BCUT2D eigenvalue weighted by atomic mass is 10.2. The molecule has 4 aromatic rings. The number of imidazole rings is 1. The van der Waals surface area contributed by atoms with E-state index >= 15 is 0 Å². The number of amides is 3. The zero-order valence-corrected chi connectivity index (χ0v) is 20.4. The number of aromatic nitrogens is 2. The molecular formula is C25H22F4N6O3. The first-order valence-electron chi connectivity index (χ1n) is 11.1. The van der Waals surface area contributed by atoms with Gasteiger partial charge in [0.25, 0.3) is 0 Å². The molecule has 198 valence electrons. The summed E-state index contributed by atoms with van der Waals surface area (Å²) in [6.45, 7) is 1.42. The van der Waals surface area contributed by atoms with Gasteiger partial charge in [0, 0.05) is 32.8 Å². The number of rotatable bonds is 6. The Kier molecular flexibility index (Phi) is 7.21. The van der Waals surface area contributed by atoms with Gasteiger partial charge in [0.15, 0.2) is 0 Å². The molecule has 0 unspecified atom stereocenters. The molecule has 0 aliphatic heterocycles. The highest BCUT2D eigenvalue weighted by atomic mass is 19.4. The SMILES string of the molecule is CC(=O)N(c1nc2ccc(Oc3ccc(NC(=O)Nc4cc(C(F)(F)F)ccc4F)cc3)cc2[nH]1)N(C)C. The predicted octanol–water partition coefficient (Wildman–Crippen LogP) is 5.99. The van der Waals surface area contributed by atoms with Crippen molar-refractivity contribution in [2.24, 2.45) is 0 Å². The molecule has 1 heterocycles. The molecule has 0 saturated heterocycles. The Bertz CT molecular complexity index is 1480. The Morgan fingerprint density at radius 1 is 0.947 bits per heavy atom. The van der Waals surface area contributed by atoms with Crippen LogP contribution in [0.15, 0.2) is 60.7 Å². The van der Waals surface area contributed by atoms with Crippen LogP contribution in [0, 0.1) is 5.82 Å². The molecule has 0 fully saturated rings. The maximum atomic E-state index is 13.9. The van der Waals surface area contributed by atoms with E-state index in [1.807, 2.05) is 0 Å². The predicted molar refractivity (Wildman–Crippen MR) is 134 cm³/mol. The molecule has 0 aliphatic carbocycles. The van der Waals surface area contributed by atoms with Gasteiger partial charge < -0.3 is 20.4 Å². The molecular weight excluding hydrogens is 508 g/mol. The first-order valence-corrected chi connectivity index (χ1v) is 11.1. The molecule has 38 heavy (non-hydrogen) atoms. The zero-order valence-electron chi connectivity index (χ0n) is 20.4. The number of anilines is 3. The highest BCUT2D eigenvalue weighted by Gasteiger charge is 2.31. The Morgan fingerprint density at radius 3 is 2.26 bits per heavy atom. The number of aromatic amines is 1. The van der Waals surface area contributed by atoms with E-state index in [4.69, 9.17) is 4.74 Å². The van der Waals surface area contributed by atoms with Gasteiger partial charge in [0.2, 0.25) is 11.9 Å². The molecule has 4 rings (SSSR count). The standard InChI is InChI=1S/C25H22F4N6O3/c1-14(36)35(34(2)3)23-31-20-11-9-18(13-22(20)32-23)38-17-7-5-16(6-8-17)30-24(37)33-21-12-15(25(27,28)29)4-10-19(21)26/h4-13H,1-3H3,(H,31,32)(H2,30,33,37). The van der Waals surface area contributed by atoms with Crippen molar-refractivity contribution in [1.82, 2.24) is 15.0 Å². The lowest BCUT2D eigenvalue weighted by Gasteiger charge is -2.24. The molecule has 9 nitrogen and oxygen atoms in total. The van der Waals surface area contributed by atoms with Gasteiger partial charge in [-0.1, -0.05) is 0 Å². The Hall–Kier alpha value is -4.65. The van der Waals surface area contributed by atoms with Crippen LogP contribution in [-0.2, 0) is 11.0 Å². The first-order chi connectivity index (χ1) is 17.9. The number of H-pyrrole nitrogens is 1. The maximum Gasteiger partial charge on any atom is 0.416 e. The van der Waals surface area contributed by atoms with Crippen LogP contribution < -0.4 is 20.4 Å². The number of hydrogen-bond acceptors (Lipinski definition) is 5. The van der Waals surface area contributed by atoms with Gasteiger partial charge in [0.1, 0.15) is 17.3 Å². The number of hydrazine groups is 1. The lowest BCUT2D eigenvalue weighted by molar-refractivity contribution is -0.137. The zero-order chi connectivity index (χ0) is 27.6. The van der Waals surface area contributed by atoms with Crippen LogP contribution >= 0.6 is 0 Å². The lowest BCUT2D eigenvalue weighted by Crippen LogP contribution is -2.41. The van der Waals surface area contributed by atoms with Crippen molar-refractivity contribution in [1.29, 1.82) is 0 Å². The van der Waals surface area contributed by atoms with Crippen molar-refractivity contribution in [2.75, 3.05) is 29.7 Å². The first kappa shape index (κ1) is 26.4. The third kappa shape index (κ3) is 6.00. The second-order valence-electron chi connectivity index (χ2n) is 8.32. The molecule has 3 aromatic carbocycles. The van der Waals surface area contributed by atoms with E-state index in [0.29, 0.717) is 52.4 Å². The number of carbonyl (C=O) groups is 2. The second kappa shape index (κ2) is 10.4. The van der Waals surface area contributed by atoms with E-state index in [1.54, 1.807) is 49.4 Å². The minimum Gasteiger partial charge on any atom is -0.457 e. The number of ether oxygens (including phenoxy) is 1. The number of hydrogen-bond donors (Lipinski definition) is 3. The van der Waals surface area contributed by atoms with E-state index in [-0.39, 0.29) is 5.91 Å². The van der Waals surface area contributed by atoms with Crippen LogP contribution in [0.5, 0.6) is 11.5 Å². The van der Waals surface area contributed by atoms with Gasteiger partial charge >= 0.3 is 12.2 Å². The Balaban J connectivity index is 1.42. The van der Waals surface area contributed by atoms with E-state index in [1.165, 1.54) is 24.1 Å². The van der Waals surface area contributed by atoms with Crippen molar-refractivity contribution in [3.8, 4) is 11.5 Å². The van der Waals surface area contributed by atoms with Crippen molar-refractivity contribution < 1.29 is 31.9 Å². The van der Waals surface area contributed by atoms with E-state index in [2.05, 4.69) is 20.6 Å². The largest absolute Gasteiger partial charge is 0.457 e. The normalized spacial score (nSPS) is 11.5. The second-order valence-corrected chi connectivity index (χ2v) is 8.32. The number of nitrogens with one attached hydrogen (secondary N) is 3. The molecule has 0 bridgehead atoms. The summed E-state index contributed by atoms with van der Waals surface area (Å²) in [5, 5.41) is 7.47. The number of urea groups is 1. The highest BCUT2D eigenvalue weighted by molar-refractivity contribution is 6.00. The fourth-order valence-electron chi connectivity index (χ4n) is 3.58. The molecule has 0 spiro atoms. The molecule has 0 aliphatic rings. The summed E-state index contributed by atoms with van der Waals surface area (Å²) in [7, 11) is 3.43. The summed E-state index contributed by atoms with van der Waals surface area (Å²) in [6, 6.07) is 12.1. The summed E-state index contributed by atoms with van der Waals surface area (Å²) in [5.74, 6) is 0.0400. The Labute approximate surface area is 214 Å². The number of fused-ring (bicyclic) bond motifs is 1. The van der Waals surface area contributed by atoms with Crippen LogP contribution in [0.3, 0.4) is 0 Å². The van der Waals surface area contributed by atoms with Crippen molar-refractivity contribution in [2.45, 2.75) is 13.1 Å². The number of alkyl halides is 3. The minimum absolute atomic E-state index is 0.215. The molecule has 0 radical (unpaired) electrons. The third-order valence-corrected chi connectivity index (χ3v) is 5.23. The minimum atomic E-state index is -4.68. The third-order valence-electron chi connectivity index (χ3n) is 5.23. The van der Waals surface area contributed by atoms with Crippen LogP contribution in [0.25, 0.3) is 11.0 Å². The van der Waals surface area contributed by atoms with Crippen molar-refractivity contribution in [3.63, 3.8) is 0 Å². The van der Waals surface area contributed by atoms with Crippen molar-refractivity contribution in [3.05, 3.63) is 72.0 Å². The summed E-state index contributed by atoms with van der Waals surface area (Å²) in [5.41, 5.74) is -0.129. The molecule has 3 amide bonds. The van der Waals surface area contributed by atoms with Gasteiger partial charge in [-0.25, -0.2) is 24.2 Å². The molecule has 0 atom stereocenters. The van der Waals surface area contributed by atoms with Crippen molar-refractivity contribution >= 4 is 40.3 Å². The van der Waals surface area contributed by atoms with E-state index in [9.17, 15) is 27.2 Å². The Morgan fingerprint density at radius 2 is 1.63 bits per heavy atom. The number of carbonyl (C=O) groups excluding carboxylic acids is 2. The number of nitrogens with zero attached hydrogens (tertiary/aromatic N) is 3. The summed E-state index contributed by atoms with van der Waals surface area (Å²) >= 11 is 0. The summed E-state index contributed by atoms with van der Waals surface area (Å²) in [6.07, 6.45) is -4.68. The van der Waals surface area contributed by atoms with Crippen LogP contribution in [0.4, 0.5) is 39.7 Å². The van der Waals surface area contributed by atoms with Gasteiger partial charge in [-0.3, -0.25) is 4.79 Å². The average Bonchev–Trinajstić information content (AvgIpc) is 3.23. The van der Waals surface area contributed by atoms with Gasteiger partial charge in [-0.15, -0.1) is 0 Å². The van der Waals surface area contributed by atoms with Crippen LogP contribution in [-0.4, -0.2) is 41.0 Å². The summed E-state index contributed by atoms with van der Waals surface area (Å²) in [4.78, 5) is 31.6. The van der Waals surface area contributed by atoms with Gasteiger partial charge in [0.05, 0.1) is 22.3 Å². The quantitative estimate of drug-likeness (QED) is 0.210. The van der Waals surface area contributed by atoms with Gasteiger partial charge in [-0.2, -0.15) is 13.2 Å². The smallest absolute Gasteiger partial charge is 0.416 e. The van der Waals surface area contributed by atoms with E-state index in [0.717, 1.165) is 0 Å². The van der Waals surface area contributed by atoms with Crippen LogP contribution in [0.1, 0.15) is 12.5 Å². The topological polar surface area (TPSA) is 103 Å². The number of benzene rings is 3. The highest BCUT2D eigenvalue weighted by Crippen LogP contribution is 2.32. The number of halogens is 4. The van der Waals surface area contributed by atoms with E-state index < -0.39 is 29.3 Å². The molecule has 13 heteroatoms. The maximum absolute atomic E-state index is 13.9. The average molecular weight is 530 g/mol. The fraction of sp³-hybridized carbons (Fsp3) is 0.160. The molecule has 3 N–H and O–H groups in total. The van der Waals surface area contributed by atoms with Crippen LogP contribution in [0.2, 0.25) is 0 Å². The monoisotopic (exact) mass is 530 g/mol. The molecule has 1 aromatic heterocycles. The fourth-order valence-corrected chi connectivity index (χ4v) is 3.58. The van der Waals surface area contributed by atoms with Gasteiger partial charge in [-0.05, 0) is 54.6 Å².